The number of methoxy groups -OCH3 is 2. The molecule has 1 heterocycles. The number of hydrogen-bond donors (Lipinski definition) is 2. The van der Waals surface area contributed by atoms with Crippen molar-refractivity contribution in [1.82, 2.24) is 4.90 Å². The van der Waals surface area contributed by atoms with E-state index in [1.165, 1.54) is 0 Å². The van der Waals surface area contributed by atoms with E-state index in [1.54, 1.807) is 20.3 Å². The van der Waals surface area contributed by atoms with Gasteiger partial charge in [-0.1, -0.05) is 6.07 Å². The Balaban J connectivity index is 2.05. The second-order valence-corrected chi connectivity index (χ2v) is 5.25. The van der Waals surface area contributed by atoms with E-state index in [2.05, 4.69) is 4.90 Å². The van der Waals surface area contributed by atoms with Gasteiger partial charge in [0.25, 0.3) is 0 Å². The average Bonchev–Trinajstić information content (AvgIpc) is 2.49. The molecule has 1 aliphatic heterocycles. The van der Waals surface area contributed by atoms with E-state index in [1.807, 2.05) is 12.1 Å². The molecule has 1 saturated heterocycles. The van der Waals surface area contributed by atoms with Crippen LogP contribution in [-0.4, -0.2) is 49.5 Å². The Morgan fingerprint density at radius 3 is 2.85 bits per heavy atom. The van der Waals surface area contributed by atoms with Crippen molar-refractivity contribution in [3.63, 3.8) is 0 Å². The maximum atomic E-state index is 9.63. The molecular formula is C15H24N2O3. The first-order valence-corrected chi connectivity index (χ1v) is 7.00. The van der Waals surface area contributed by atoms with Crippen LogP contribution in [0.3, 0.4) is 0 Å². The minimum Gasteiger partial charge on any atom is -0.504 e. The van der Waals surface area contributed by atoms with Gasteiger partial charge >= 0.3 is 0 Å². The van der Waals surface area contributed by atoms with Crippen molar-refractivity contribution in [3.05, 3.63) is 23.8 Å². The minimum atomic E-state index is 0.171. The molecule has 5 heteroatoms. The molecule has 2 rings (SSSR count). The molecule has 20 heavy (non-hydrogen) atoms. The molecule has 0 amide bonds. The number of phenols is 1. The number of rotatable bonds is 5. The molecular weight excluding hydrogens is 256 g/mol. The molecule has 1 aromatic rings. The number of ether oxygens (including phenoxy) is 2. The summed E-state index contributed by atoms with van der Waals surface area (Å²) in [5.41, 5.74) is 7.00. The molecule has 112 valence electrons. The summed E-state index contributed by atoms with van der Waals surface area (Å²) in [5.74, 6) is 0.684. The van der Waals surface area contributed by atoms with Crippen molar-refractivity contribution in [2.45, 2.75) is 31.5 Å². The molecule has 0 radical (unpaired) electrons. The fourth-order valence-electron chi connectivity index (χ4n) is 2.79. The number of nitrogens with zero attached hydrogens (tertiary/aromatic N) is 1. The molecule has 1 aromatic carbocycles. The van der Waals surface area contributed by atoms with Crippen molar-refractivity contribution in [1.29, 1.82) is 0 Å². The Labute approximate surface area is 120 Å². The van der Waals surface area contributed by atoms with Crippen LogP contribution >= 0.6 is 0 Å². The molecule has 0 aliphatic carbocycles. The predicted octanol–water partition coefficient (Wildman–Crippen LogP) is 1.34. The summed E-state index contributed by atoms with van der Waals surface area (Å²) in [6, 6.07) is 5.82. The van der Waals surface area contributed by atoms with Gasteiger partial charge in [-0.15, -0.1) is 0 Å². The lowest BCUT2D eigenvalue weighted by molar-refractivity contribution is 0.0102. The third-order valence-electron chi connectivity index (χ3n) is 4.02. The number of aromatic hydroxyl groups is 1. The number of nitrogens with two attached hydrogens (primary N) is 1. The Hall–Kier alpha value is -1.30. The summed E-state index contributed by atoms with van der Waals surface area (Å²) < 4.78 is 10.6. The maximum absolute atomic E-state index is 9.63. The molecule has 5 nitrogen and oxygen atoms in total. The first-order chi connectivity index (χ1) is 9.67. The highest BCUT2D eigenvalue weighted by atomic mass is 16.5. The molecule has 2 atom stereocenters. The molecule has 1 aliphatic rings. The summed E-state index contributed by atoms with van der Waals surface area (Å²) in [5, 5.41) is 9.63. The van der Waals surface area contributed by atoms with Gasteiger partial charge in [0.2, 0.25) is 0 Å². The van der Waals surface area contributed by atoms with E-state index in [-0.39, 0.29) is 5.75 Å². The van der Waals surface area contributed by atoms with Crippen LogP contribution in [0.25, 0.3) is 0 Å². The Bertz CT molecular complexity index is 439. The fraction of sp³-hybridized carbons (Fsp3) is 0.600. The van der Waals surface area contributed by atoms with Gasteiger partial charge in [-0.3, -0.25) is 4.90 Å². The lowest BCUT2D eigenvalue weighted by Gasteiger charge is -2.38. The fourth-order valence-corrected chi connectivity index (χ4v) is 2.79. The second-order valence-electron chi connectivity index (χ2n) is 5.25. The van der Waals surface area contributed by atoms with E-state index in [0.717, 1.165) is 31.5 Å². The first-order valence-electron chi connectivity index (χ1n) is 7.00. The minimum absolute atomic E-state index is 0.171. The summed E-state index contributed by atoms with van der Waals surface area (Å²) in [6.07, 6.45) is 2.32. The molecule has 2 unspecified atom stereocenters. The molecule has 3 N–H and O–H groups in total. The summed E-state index contributed by atoms with van der Waals surface area (Å²) >= 11 is 0. The molecule has 0 aromatic heterocycles. The average molecular weight is 280 g/mol. The number of likely N-dealkylation sites (tertiary alicyclic amines) is 1. The third kappa shape index (κ3) is 3.42. The van der Waals surface area contributed by atoms with Gasteiger partial charge in [-0.05, 0) is 30.5 Å². The topological polar surface area (TPSA) is 68.0 Å². The largest absolute Gasteiger partial charge is 0.504 e. The van der Waals surface area contributed by atoms with Gasteiger partial charge in [0.15, 0.2) is 11.5 Å². The van der Waals surface area contributed by atoms with Crippen LogP contribution in [0.2, 0.25) is 0 Å². The normalized spacial score (nSPS) is 23.8. The number of phenolic OH excluding ortho intramolecular Hbond substituents is 1. The Morgan fingerprint density at radius 1 is 1.40 bits per heavy atom. The van der Waals surface area contributed by atoms with Crippen LogP contribution in [0.4, 0.5) is 0 Å². The van der Waals surface area contributed by atoms with E-state index >= 15 is 0 Å². The van der Waals surface area contributed by atoms with Gasteiger partial charge < -0.3 is 20.3 Å². The first kappa shape index (κ1) is 15.1. The van der Waals surface area contributed by atoms with Crippen molar-refractivity contribution in [2.75, 3.05) is 27.3 Å². The van der Waals surface area contributed by atoms with Crippen molar-refractivity contribution in [3.8, 4) is 11.5 Å². The maximum Gasteiger partial charge on any atom is 0.160 e. The van der Waals surface area contributed by atoms with Crippen LogP contribution in [-0.2, 0) is 11.3 Å². The van der Waals surface area contributed by atoms with E-state index in [0.29, 0.717) is 24.4 Å². The summed E-state index contributed by atoms with van der Waals surface area (Å²) in [4.78, 5) is 2.38. The summed E-state index contributed by atoms with van der Waals surface area (Å²) in [6.45, 7) is 2.42. The van der Waals surface area contributed by atoms with Gasteiger partial charge in [0, 0.05) is 32.8 Å². The highest BCUT2D eigenvalue weighted by Crippen LogP contribution is 2.28. The molecule has 1 fully saturated rings. The van der Waals surface area contributed by atoms with Crippen LogP contribution in [0, 0.1) is 0 Å². The Kier molecular flexibility index (Phi) is 5.23. The van der Waals surface area contributed by atoms with Crippen LogP contribution in [0.15, 0.2) is 18.2 Å². The molecule has 0 saturated carbocycles. The van der Waals surface area contributed by atoms with Crippen molar-refractivity contribution < 1.29 is 14.6 Å². The number of benzene rings is 1. The lowest BCUT2D eigenvalue weighted by Crippen LogP contribution is -2.47. The van der Waals surface area contributed by atoms with Crippen LogP contribution in [0.5, 0.6) is 11.5 Å². The highest BCUT2D eigenvalue weighted by molar-refractivity contribution is 5.41. The van der Waals surface area contributed by atoms with Crippen LogP contribution in [0.1, 0.15) is 18.4 Å². The Morgan fingerprint density at radius 2 is 2.20 bits per heavy atom. The zero-order valence-corrected chi connectivity index (χ0v) is 12.2. The number of hydrogen-bond acceptors (Lipinski definition) is 5. The van der Waals surface area contributed by atoms with Gasteiger partial charge in [0.05, 0.1) is 13.2 Å². The van der Waals surface area contributed by atoms with E-state index < -0.39 is 0 Å². The van der Waals surface area contributed by atoms with Crippen LogP contribution < -0.4 is 10.5 Å². The van der Waals surface area contributed by atoms with E-state index in [9.17, 15) is 5.11 Å². The monoisotopic (exact) mass is 280 g/mol. The van der Waals surface area contributed by atoms with E-state index in [4.69, 9.17) is 15.2 Å². The zero-order valence-electron chi connectivity index (χ0n) is 12.2. The van der Waals surface area contributed by atoms with Gasteiger partial charge in [-0.2, -0.15) is 0 Å². The van der Waals surface area contributed by atoms with Gasteiger partial charge in [-0.25, -0.2) is 0 Å². The smallest absolute Gasteiger partial charge is 0.160 e. The third-order valence-corrected chi connectivity index (χ3v) is 4.02. The zero-order chi connectivity index (χ0) is 14.5. The van der Waals surface area contributed by atoms with Crippen molar-refractivity contribution in [2.24, 2.45) is 5.73 Å². The standard InChI is InChI=1S/C15H24N2O3/c1-19-13-5-6-17(12(8-13)9-16)10-11-3-4-14(18)15(7-11)20-2/h3-4,7,12-13,18H,5-6,8-10,16H2,1-2H3. The molecule has 0 spiro atoms. The predicted molar refractivity (Wildman–Crippen MR) is 77.9 cm³/mol. The summed E-state index contributed by atoms with van der Waals surface area (Å²) in [7, 11) is 3.32. The highest BCUT2D eigenvalue weighted by Gasteiger charge is 2.27. The second kappa shape index (κ2) is 6.92. The molecule has 0 bridgehead atoms. The quantitative estimate of drug-likeness (QED) is 0.852. The lowest BCUT2D eigenvalue weighted by atomic mass is 9.98. The number of piperidine rings is 1. The SMILES string of the molecule is COc1cc(CN2CCC(OC)CC2CN)ccc1O. The van der Waals surface area contributed by atoms with Crippen molar-refractivity contribution >= 4 is 0 Å². The van der Waals surface area contributed by atoms with Gasteiger partial charge in [0.1, 0.15) is 0 Å².